The van der Waals surface area contributed by atoms with Crippen LogP contribution in [0.2, 0.25) is 0 Å². The molecule has 1 aromatic carbocycles. The molecule has 0 bridgehead atoms. The number of hydrogen-bond acceptors (Lipinski definition) is 1. The van der Waals surface area contributed by atoms with Gasteiger partial charge < -0.3 is 21.5 Å². The summed E-state index contributed by atoms with van der Waals surface area (Å²) in [5.74, 6) is 0. The molecule has 0 fully saturated rings. The van der Waals surface area contributed by atoms with Gasteiger partial charge in [0.1, 0.15) is 6.54 Å². The van der Waals surface area contributed by atoms with Crippen LogP contribution in [0.25, 0.3) is 22.2 Å². The number of pyridine rings is 2. The first-order valence-electron chi connectivity index (χ1n) is 16.4. The second-order valence-electron chi connectivity index (χ2n) is 11.5. The standard InChI is InChI=1S/C36H55N2O.BrH/c1-3-5-7-9-11-13-15-17-21-27-37-28-23-24-32(31-37)35-30-36(39)33-25-19-20-26-34(33)38(35)29-22-18-16-14-12-10-8-6-4-2;/h19-20,23-26,28,30-31H,3-18,21-22,27,29H2,1-2H3;1H/q+1;/p-1. The molecule has 0 spiro atoms. The molecule has 0 saturated carbocycles. The van der Waals surface area contributed by atoms with Gasteiger partial charge in [-0.05, 0) is 31.0 Å². The van der Waals surface area contributed by atoms with Gasteiger partial charge in [-0.15, -0.1) is 0 Å². The van der Waals surface area contributed by atoms with Gasteiger partial charge in [0.2, 0.25) is 0 Å². The Hall–Kier alpha value is -1.94. The Bertz CT molecular complexity index is 1140. The second kappa shape index (κ2) is 20.9. The Labute approximate surface area is 255 Å². The summed E-state index contributed by atoms with van der Waals surface area (Å²) >= 11 is 0. The summed E-state index contributed by atoms with van der Waals surface area (Å²) in [6, 6.07) is 14.3. The fraction of sp³-hybridized carbons (Fsp3) is 0.611. The predicted molar refractivity (Wildman–Crippen MR) is 168 cm³/mol. The Morgan fingerprint density at radius 2 is 1.20 bits per heavy atom. The maximum Gasteiger partial charge on any atom is 0.190 e. The van der Waals surface area contributed by atoms with Crippen molar-refractivity contribution in [2.75, 3.05) is 0 Å². The minimum absolute atomic E-state index is 0. The van der Waals surface area contributed by atoms with Gasteiger partial charge in [-0.3, -0.25) is 4.79 Å². The number of nitrogens with zero attached hydrogens (tertiary/aromatic N) is 2. The number of halogens is 1. The molecule has 0 saturated heterocycles. The average Bonchev–Trinajstić information content (AvgIpc) is 2.96. The van der Waals surface area contributed by atoms with Gasteiger partial charge in [-0.1, -0.05) is 122 Å². The Morgan fingerprint density at radius 1 is 0.650 bits per heavy atom. The first kappa shape index (κ1) is 34.3. The van der Waals surface area contributed by atoms with Crippen LogP contribution >= 0.6 is 0 Å². The normalized spacial score (nSPS) is 11.2. The van der Waals surface area contributed by atoms with Crippen molar-refractivity contribution in [1.29, 1.82) is 0 Å². The van der Waals surface area contributed by atoms with Crippen LogP contribution in [0.4, 0.5) is 0 Å². The van der Waals surface area contributed by atoms with E-state index in [1.165, 1.54) is 109 Å². The molecule has 40 heavy (non-hydrogen) atoms. The third-order valence-electron chi connectivity index (χ3n) is 8.18. The Morgan fingerprint density at radius 3 is 1.82 bits per heavy atom. The van der Waals surface area contributed by atoms with Crippen molar-refractivity contribution >= 4 is 10.9 Å². The van der Waals surface area contributed by atoms with Crippen LogP contribution in [0.3, 0.4) is 0 Å². The summed E-state index contributed by atoms with van der Waals surface area (Å²) in [4.78, 5) is 13.1. The highest BCUT2D eigenvalue weighted by molar-refractivity contribution is 5.82. The molecule has 222 valence electrons. The van der Waals surface area contributed by atoms with E-state index in [2.05, 4.69) is 59.6 Å². The van der Waals surface area contributed by atoms with Gasteiger partial charge in [0.05, 0.1) is 16.8 Å². The van der Waals surface area contributed by atoms with E-state index in [1.54, 1.807) is 0 Å². The molecule has 0 unspecified atom stereocenters. The second-order valence-corrected chi connectivity index (χ2v) is 11.5. The number of hydrogen-bond donors (Lipinski definition) is 0. The maximum absolute atomic E-state index is 13.1. The molecule has 3 aromatic rings. The molecule has 2 aromatic heterocycles. The monoisotopic (exact) mass is 610 g/mol. The first-order valence-corrected chi connectivity index (χ1v) is 16.4. The van der Waals surface area contributed by atoms with Crippen molar-refractivity contribution in [3.05, 3.63) is 65.1 Å². The highest BCUT2D eigenvalue weighted by Crippen LogP contribution is 2.23. The van der Waals surface area contributed by atoms with Gasteiger partial charge in [0.25, 0.3) is 0 Å². The topological polar surface area (TPSA) is 25.9 Å². The SMILES string of the molecule is CCCCCCCCCCCn1c(-c2ccc[n+](CCCCCCCCCCC)c2)cc(=O)c2ccccc21.[Br-]. The molecule has 0 N–H and O–H groups in total. The number of rotatable bonds is 21. The molecule has 4 heteroatoms. The van der Waals surface area contributed by atoms with Crippen LogP contribution in [0.1, 0.15) is 129 Å². The van der Waals surface area contributed by atoms with Crippen molar-refractivity contribution < 1.29 is 21.5 Å². The third-order valence-corrected chi connectivity index (χ3v) is 8.18. The van der Waals surface area contributed by atoms with Crippen LogP contribution in [-0.4, -0.2) is 4.57 Å². The molecule has 3 rings (SSSR count). The summed E-state index contributed by atoms with van der Waals surface area (Å²) in [7, 11) is 0. The van der Waals surface area contributed by atoms with E-state index in [4.69, 9.17) is 0 Å². The predicted octanol–water partition coefficient (Wildman–Crippen LogP) is 7.02. The van der Waals surface area contributed by atoms with Crippen LogP contribution in [0, 0.1) is 0 Å². The maximum atomic E-state index is 13.1. The quantitative estimate of drug-likeness (QED) is 0.0939. The number of benzene rings is 1. The van der Waals surface area contributed by atoms with Crippen molar-refractivity contribution in [3.8, 4) is 11.3 Å². The number of para-hydroxylation sites is 1. The lowest BCUT2D eigenvalue weighted by molar-refractivity contribution is -0.696. The summed E-state index contributed by atoms with van der Waals surface area (Å²) in [5, 5.41) is 0.829. The molecule has 0 amide bonds. The Kier molecular flexibility index (Phi) is 17.9. The zero-order valence-corrected chi connectivity index (χ0v) is 27.1. The van der Waals surface area contributed by atoms with E-state index in [9.17, 15) is 4.79 Å². The van der Waals surface area contributed by atoms with Crippen LogP contribution in [0.5, 0.6) is 0 Å². The van der Waals surface area contributed by atoms with E-state index >= 15 is 0 Å². The lowest BCUT2D eigenvalue weighted by Gasteiger charge is -2.17. The lowest BCUT2D eigenvalue weighted by atomic mass is 10.1. The van der Waals surface area contributed by atoms with Gasteiger partial charge in [-0.25, -0.2) is 4.57 Å². The molecule has 0 radical (unpaired) electrons. The van der Waals surface area contributed by atoms with E-state index < -0.39 is 0 Å². The molecule has 0 aliphatic rings. The number of aryl methyl sites for hydroxylation is 2. The van der Waals surface area contributed by atoms with Gasteiger partial charge in [-0.2, -0.15) is 0 Å². The first-order chi connectivity index (χ1) is 19.2. The van der Waals surface area contributed by atoms with Crippen LogP contribution in [-0.2, 0) is 13.1 Å². The summed E-state index contributed by atoms with van der Waals surface area (Å²) in [5.41, 5.74) is 3.39. The van der Waals surface area contributed by atoms with Crippen molar-refractivity contribution in [2.45, 2.75) is 143 Å². The summed E-state index contributed by atoms with van der Waals surface area (Å²) in [6.45, 7) is 6.56. The summed E-state index contributed by atoms with van der Waals surface area (Å²) in [6.07, 6.45) is 28.4. The highest BCUT2D eigenvalue weighted by Gasteiger charge is 2.13. The molecular formula is C36H55BrN2O. The van der Waals surface area contributed by atoms with E-state index in [0.29, 0.717) is 0 Å². The average molecular weight is 612 g/mol. The number of fused-ring (bicyclic) bond motifs is 1. The Balaban J connectivity index is 0.00000560. The fourth-order valence-corrected chi connectivity index (χ4v) is 5.81. The van der Waals surface area contributed by atoms with E-state index in [-0.39, 0.29) is 22.4 Å². The van der Waals surface area contributed by atoms with E-state index in [1.807, 2.05) is 18.2 Å². The summed E-state index contributed by atoms with van der Waals surface area (Å²) < 4.78 is 4.72. The zero-order valence-electron chi connectivity index (χ0n) is 25.5. The number of unbranched alkanes of at least 4 members (excludes halogenated alkanes) is 16. The van der Waals surface area contributed by atoms with Gasteiger partial charge in [0, 0.05) is 30.5 Å². The minimum atomic E-state index is 0. The van der Waals surface area contributed by atoms with E-state index in [0.717, 1.165) is 41.7 Å². The molecule has 0 atom stereocenters. The number of aromatic nitrogens is 2. The van der Waals surface area contributed by atoms with Gasteiger partial charge >= 0.3 is 0 Å². The van der Waals surface area contributed by atoms with Gasteiger partial charge in [0.15, 0.2) is 17.8 Å². The van der Waals surface area contributed by atoms with Crippen molar-refractivity contribution in [1.82, 2.24) is 4.57 Å². The highest BCUT2D eigenvalue weighted by atomic mass is 79.9. The fourth-order valence-electron chi connectivity index (χ4n) is 5.81. The molecule has 0 aliphatic heterocycles. The van der Waals surface area contributed by atoms with Crippen LogP contribution in [0.15, 0.2) is 59.7 Å². The molecule has 0 aliphatic carbocycles. The van der Waals surface area contributed by atoms with Crippen LogP contribution < -0.4 is 27.0 Å². The minimum Gasteiger partial charge on any atom is -1.00 e. The molecular weight excluding hydrogens is 556 g/mol. The lowest BCUT2D eigenvalue weighted by Crippen LogP contribution is -3.00. The van der Waals surface area contributed by atoms with Crippen molar-refractivity contribution in [2.24, 2.45) is 0 Å². The van der Waals surface area contributed by atoms with Crippen molar-refractivity contribution in [3.63, 3.8) is 0 Å². The molecule has 3 nitrogen and oxygen atoms in total. The zero-order chi connectivity index (χ0) is 27.5. The molecule has 2 heterocycles. The smallest absolute Gasteiger partial charge is 0.190 e. The third kappa shape index (κ3) is 11.9. The largest absolute Gasteiger partial charge is 1.00 e.